The van der Waals surface area contributed by atoms with E-state index in [4.69, 9.17) is 4.42 Å². The number of thiophene rings is 1. The summed E-state index contributed by atoms with van der Waals surface area (Å²) in [6.45, 7) is 7.17. The first-order valence-corrected chi connectivity index (χ1v) is 10.9. The monoisotopic (exact) mass is 396 g/mol. The van der Waals surface area contributed by atoms with Gasteiger partial charge >= 0.3 is 0 Å². The number of hydrogen-bond acceptors (Lipinski definition) is 5. The molecule has 3 aromatic rings. The van der Waals surface area contributed by atoms with Crippen molar-refractivity contribution in [2.24, 2.45) is 0 Å². The van der Waals surface area contributed by atoms with Crippen LogP contribution in [0.3, 0.4) is 0 Å². The van der Waals surface area contributed by atoms with Crippen molar-refractivity contribution < 1.29 is 9.52 Å². The number of aliphatic hydroxyl groups is 1. The largest absolute Gasteiger partial charge is 0.461 e. The quantitative estimate of drug-likeness (QED) is 0.643. The van der Waals surface area contributed by atoms with Crippen LogP contribution in [0.25, 0.3) is 11.3 Å². The first kappa shape index (κ1) is 19.4. The summed E-state index contributed by atoms with van der Waals surface area (Å²) >= 11 is 1.81. The molecule has 1 saturated heterocycles. The van der Waals surface area contributed by atoms with E-state index >= 15 is 0 Å². The molecule has 148 valence electrons. The van der Waals surface area contributed by atoms with Gasteiger partial charge in [0.1, 0.15) is 11.5 Å². The number of aliphatic hydroxyl groups excluding tert-OH is 1. The van der Waals surface area contributed by atoms with Crippen LogP contribution in [-0.2, 0) is 13.1 Å². The maximum Gasteiger partial charge on any atom is 0.134 e. The lowest BCUT2D eigenvalue weighted by molar-refractivity contribution is 0.0507. The van der Waals surface area contributed by atoms with Gasteiger partial charge in [0, 0.05) is 55.8 Å². The van der Waals surface area contributed by atoms with Crippen LogP contribution in [0.2, 0.25) is 0 Å². The third-order valence-corrected chi connectivity index (χ3v) is 6.37. The lowest BCUT2D eigenvalue weighted by Gasteiger charge is -2.41. The van der Waals surface area contributed by atoms with E-state index in [1.54, 1.807) is 0 Å². The van der Waals surface area contributed by atoms with E-state index in [2.05, 4.69) is 57.6 Å². The molecular weight excluding hydrogens is 368 g/mol. The highest BCUT2D eigenvalue weighted by Crippen LogP contribution is 2.28. The summed E-state index contributed by atoms with van der Waals surface area (Å²) in [6.07, 6.45) is 0.820. The molecule has 1 aliphatic heterocycles. The van der Waals surface area contributed by atoms with Crippen molar-refractivity contribution >= 4 is 11.3 Å². The van der Waals surface area contributed by atoms with Gasteiger partial charge in [0.2, 0.25) is 0 Å². The summed E-state index contributed by atoms with van der Waals surface area (Å²) in [5, 5.41) is 11.7. The van der Waals surface area contributed by atoms with Gasteiger partial charge < -0.3 is 9.52 Å². The first-order chi connectivity index (χ1) is 13.7. The third kappa shape index (κ3) is 4.55. The van der Waals surface area contributed by atoms with Gasteiger partial charge in [0.15, 0.2) is 0 Å². The average Bonchev–Trinajstić information content (AvgIpc) is 3.36. The maximum atomic E-state index is 9.58. The molecular formula is C23H28N2O2S. The molecule has 2 aromatic heterocycles. The van der Waals surface area contributed by atoms with Crippen LogP contribution in [0.1, 0.15) is 22.6 Å². The molecule has 5 heteroatoms. The van der Waals surface area contributed by atoms with E-state index in [1.165, 1.54) is 16.0 Å². The lowest BCUT2D eigenvalue weighted by Crippen LogP contribution is -2.52. The fourth-order valence-electron chi connectivity index (χ4n) is 4.05. The molecule has 28 heavy (non-hydrogen) atoms. The summed E-state index contributed by atoms with van der Waals surface area (Å²) in [6, 6.07) is 17.3. The molecule has 4 rings (SSSR count). The van der Waals surface area contributed by atoms with Gasteiger partial charge in [-0.25, -0.2) is 0 Å². The molecule has 1 atom stereocenters. The Morgan fingerprint density at radius 3 is 2.71 bits per heavy atom. The summed E-state index contributed by atoms with van der Waals surface area (Å²) in [5.74, 6) is 1.88. The van der Waals surface area contributed by atoms with Crippen molar-refractivity contribution in [3.8, 4) is 11.3 Å². The Morgan fingerprint density at radius 2 is 1.96 bits per heavy atom. The number of furan rings is 1. The molecule has 0 radical (unpaired) electrons. The number of piperazine rings is 1. The predicted molar refractivity (Wildman–Crippen MR) is 114 cm³/mol. The van der Waals surface area contributed by atoms with Crippen LogP contribution < -0.4 is 0 Å². The summed E-state index contributed by atoms with van der Waals surface area (Å²) in [4.78, 5) is 6.44. The van der Waals surface area contributed by atoms with Crippen LogP contribution in [0.4, 0.5) is 0 Å². The SMILES string of the molecule is Cc1ccc(-c2ccccc2CN2CCN(Cc3cccs3)C(CCO)C2)o1. The van der Waals surface area contributed by atoms with Gasteiger partial charge in [-0.15, -0.1) is 11.3 Å². The average molecular weight is 397 g/mol. The minimum atomic E-state index is 0.238. The van der Waals surface area contributed by atoms with Gasteiger partial charge in [-0.05, 0) is 42.5 Å². The van der Waals surface area contributed by atoms with Crippen molar-refractivity contribution in [2.45, 2.75) is 32.5 Å². The molecule has 1 unspecified atom stereocenters. The summed E-state index contributed by atoms with van der Waals surface area (Å²) in [5.41, 5.74) is 2.47. The smallest absolute Gasteiger partial charge is 0.134 e. The highest BCUT2D eigenvalue weighted by atomic mass is 32.1. The van der Waals surface area contributed by atoms with Crippen molar-refractivity contribution in [3.63, 3.8) is 0 Å². The van der Waals surface area contributed by atoms with E-state index in [1.807, 2.05) is 24.3 Å². The summed E-state index contributed by atoms with van der Waals surface area (Å²) < 4.78 is 5.88. The van der Waals surface area contributed by atoms with Gasteiger partial charge in [-0.3, -0.25) is 9.80 Å². The second kappa shape index (κ2) is 9.05. The van der Waals surface area contributed by atoms with Gasteiger partial charge in [-0.1, -0.05) is 30.3 Å². The summed E-state index contributed by atoms with van der Waals surface area (Å²) in [7, 11) is 0. The number of rotatable bonds is 7. The Labute approximate surface area is 171 Å². The zero-order valence-corrected chi connectivity index (χ0v) is 17.2. The zero-order chi connectivity index (χ0) is 19.3. The van der Waals surface area contributed by atoms with Crippen LogP contribution in [0.15, 0.2) is 58.3 Å². The molecule has 0 saturated carbocycles. The predicted octanol–water partition coefficient (Wildman–Crippen LogP) is 4.39. The normalized spacial score (nSPS) is 18.6. The van der Waals surface area contributed by atoms with Crippen LogP contribution in [0, 0.1) is 6.92 Å². The number of benzene rings is 1. The fraction of sp³-hybridized carbons (Fsp3) is 0.391. The van der Waals surface area contributed by atoms with Crippen LogP contribution >= 0.6 is 11.3 Å². The Bertz CT molecular complexity index is 874. The van der Waals surface area contributed by atoms with E-state index in [-0.39, 0.29) is 6.61 Å². The van der Waals surface area contributed by atoms with E-state index < -0.39 is 0 Å². The topological polar surface area (TPSA) is 39.9 Å². The molecule has 0 bridgehead atoms. The van der Waals surface area contributed by atoms with Gasteiger partial charge in [0.25, 0.3) is 0 Å². The molecule has 0 spiro atoms. The van der Waals surface area contributed by atoms with Crippen molar-refractivity contribution in [1.82, 2.24) is 9.80 Å². The first-order valence-electron chi connectivity index (χ1n) is 9.97. The van der Waals surface area contributed by atoms with Crippen LogP contribution in [0.5, 0.6) is 0 Å². The van der Waals surface area contributed by atoms with Crippen molar-refractivity contribution in [2.75, 3.05) is 26.2 Å². The molecule has 4 nitrogen and oxygen atoms in total. The number of aryl methyl sites for hydroxylation is 1. The fourth-order valence-corrected chi connectivity index (χ4v) is 4.78. The number of hydrogen-bond donors (Lipinski definition) is 1. The molecule has 1 aromatic carbocycles. The maximum absolute atomic E-state index is 9.58. The van der Waals surface area contributed by atoms with Crippen molar-refractivity contribution in [3.05, 3.63) is 70.1 Å². The molecule has 0 amide bonds. The van der Waals surface area contributed by atoms with E-state index in [9.17, 15) is 5.11 Å². The molecule has 0 aliphatic carbocycles. The van der Waals surface area contributed by atoms with Crippen LogP contribution in [-0.4, -0.2) is 47.2 Å². The zero-order valence-electron chi connectivity index (χ0n) is 16.4. The van der Waals surface area contributed by atoms with Gasteiger partial charge in [-0.2, -0.15) is 0 Å². The Balaban J connectivity index is 1.46. The highest BCUT2D eigenvalue weighted by molar-refractivity contribution is 7.09. The number of nitrogens with zero attached hydrogens (tertiary/aromatic N) is 2. The highest BCUT2D eigenvalue weighted by Gasteiger charge is 2.27. The molecule has 1 fully saturated rings. The van der Waals surface area contributed by atoms with Gasteiger partial charge in [0.05, 0.1) is 0 Å². The van der Waals surface area contributed by atoms with Crippen molar-refractivity contribution in [1.29, 1.82) is 0 Å². The third-order valence-electron chi connectivity index (χ3n) is 5.51. The Morgan fingerprint density at radius 1 is 1.07 bits per heavy atom. The van der Waals surface area contributed by atoms with E-state index in [0.717, 1.165) is 50.7 Å². The minimum Gasteiger partial charge on any atom is -0.461 e. The minimum absolute atomic E-state index is 0.238. The Hall–Kier alpha value is -1.92. The standard InChI is InChI=1S/C23H28N2O2S/c1-18-8-9-23(27-18)22-7-3-2-5-19(22)15-24-11-12-25(20(16-24)10-13-26)17-21-6-4-14-28-21/h2-9,14,20,26H,10-13,15-17H2,1H3. The van der Waals surface area contributed by atoms with E-state index in [0.29, 0.717) is 6.04 Å². The molecule has 1 N–H and O–H groups in total. The second-order valence-electron chi connectivity index (χ2n) is 7.52. The Kier molecular flexibility index (Phi) is 6.27. The second-order valence-corrected chi connectivity index (χ2v) is 8.55. The lowest BCUT2D eigenvalue weighted by atomic mass is 10.0. The molecule has 3 heterocycles. The molecule has 1 aliphatic rings.